The van der Waals surface area contributed by atoms with E-state index in [9.17, 15) is 9.18 Å². The van der Waals surface area contributed by atoms with Gasteiger partial charge in [0, 0.05) is 7.05 Å². The maximum absolute atomic E-state index is 13.8. The summed E-state index contributed by atoms with van der Waals surface area (Å²) in [6.45, 7) is 0. The van der Waals surface area contributed by atoms with E-state index < -0.39 is 11.4 Å². The number of nitrogens with one attached hydrogen (secondary N) is 2. The van der Waals surface area contributed by atoms with Crippen LogP contribution < -0.4 is 10.9 Å². The fourth-order valence-electron chi connectivity index (χ4n) is 1.41. The van der Waals surface area contributed by atoms with E-state index in [1.807, 2.05) is 0 Å². The van der Waals surface area contributed by atoms with E-state index in [0.717, 1.165) is 0 Å². The van der Waals surface area contributed by atoms with Crippen LogP contribution in [0.3, 0.4) is 0 Å². The minimum absolute atomic E-state index is 0.0622. The molecule has 0 fully saturated rings. The van der Waals surface area contributed by atoms with Crippen LogP contribution >= 0.6 is 23.4 Å². The van der Waals surface area contributed by atoms with E-state index >= 15 is 0 Å². The molecule has 2 rings (SSSR count). The molecule has 2 aromatic rings. The number of anilines is 1. The molecule has 5 nitrogen and oxygen atoms in total. The number of aromatic amines is 1. The zero-order valence-electron chi connectivity index (χ0n) is 8.97. The highest BCUT2D eigenvalue weighted by Gasteiger charge is 2.16. The molecule has 8 heteroatoms. The number of fused-ring (bicyclic) bond motifs is 1. The summed E-state index contributed by atoms with van der Waals surface area (Å²) in [5.74, 6) is -0.480. The van der Waals surface area contributed by atoms with Gasteiger partial charge in [-0.3, -0.25) is 4.79 Å². The fraction of sp³-hybridized carbons (Fsp3) is 0.222. The van der Waals surface area contributed by atoms with Crippen molar-refractivity contribution in [3.05, 3.63) is 21.3 Å². The zero-order valence-corrected chi connectivity index (χ0v) is 10.5. The number of pyridine rings is 1. The average molecular weight is 275 g/mol. The largest absolute Gasteiger partial charge is 0.372 e. The molecule has 0 aliphatic carbocycles. The third kappa shape index (κ3) is 1.96. The van der Waals surface area contributed by atoms with Gasteiger partial charge >= 0.3 is 0 Å². The van der Waals surface area contributed by atoms with Crippen molar-refractivity contribution in [2.75, 3.05) is 18.6 Å². The lowest BCUT2D eigenvalue weighted by molar-refractivity contribution is 0.628. The van der Waals surface area contributed by atoms with Gasteiger partial charge in [0.2, 0.25) is 0 Å². The van der Waals surface area contributed by atoms with Crippen LogP contribution in [0.5, 0.6) is 0 Å². The van der Waals surface area contributed by atoms with Crippen LogP contribution in [0.15, 0.2) is 9.95 Å². The van der Waals surface area contributed by atoms with E-state index in [1.54, 1.807) is 13.3 Å². The van der Waals surface area contributed by atoms with Crippen LogP contribution in [0.2, 0.25) is 5.15 Å². The summed E-state index contributed by atoms with van der Waals surface area (Å²) in [7, 11) is 1.60. The summed E-state index contributed by atoms with van der Waals surface area (Å²) in [5, 5.41) is 2.81. The second kappa shape index (κ2) is 4.50. The van der Waals surface area contributed by atoms with Gasteiger partial charge in [0.1, 0.15) is 21.9 Å². The van der Waals surface area contributed by atoms with Crippen molar-refractivity contribution in [1.29, 1.82) is 0 Å². The Bertz CT molecular complexity index is 645. The van der Waals surface area contributed by atoms with Gasteiger partial charge in [0.05, 0.1) is 0 Å². The van der Waals surface area contributed by atoms with E-state index in [1.165, 1.54) is 11.8 Å². The zero-order chi connectivity index (χ0) is 12.6. The number of nitrogens with zero attached hydrogens (tertiary/aromatic N) is 2. The van der Waals surface area contributed by atoms with Crippen LogP contribution in [0.4, 0.5) is 10.2 Å². The maximum atomic E-state index is 13.8. The molecule has 90 valence electrons. The first-order valence-electron chi connectivity index (χ1n) is 4.59. The Morgan fingerprint density at radius 3 is 2.76 bits per heavy atom. The predicted molar refractivity (Wildman–Crippen MR) is 66.5 cm³/mol. The Morgan fingerprint density at radius 2 is 2.18 bits per heavy atom. The van der Waals surface area contributed by atoms with Crippen LogP contribution in [0.1, 0.15) is 0 Å². The van der Waals surface area contributed by atoms with E-state index in [0.29, 0.717) is 5.16 Å². The van der Waals surface area contributed by atoms with Gasteiger partial charge in [0.15, 0.2) is 11.0 Å². The van der Waals surface area contributed by atoms with Crippen LogP contribution in [-0.4, -0.2) is 28.3 Å². The fourth-order valence-corrected chi connectivity index (χ4v) is 1.95. The molecule has 0 amide bonds. The number of H-pyrrole nitrogens is 1. The van der Waals surface area contributed by atoms with E-state index in [4.69, 9.17) is 11.6 Å². The third-order valence-electron chi connectivity index (χ3n) is 2.16. The van der Waals surface area contributed by atoms with Gasteiger partial charge in [-0.15, -0.1) is 0 Å². The molecule has 0 saturated heterocycles. The molecule has 2 aromatic heterocycles. The molecule has 0 radical (unpaired) electrons. The first kappa shape index (κ1) is 12.1. The van der Waals surface area contributed by atoms with Gasteiger partial charge in [-0.05, 0) is 6.26 Å². The molecule has 0 aromatic carbocycles. The first-order chi connectivity index (χ1) is 8.08. The van der Waals surface area contributed by atoms with E-state index in [-0.39, 0.29) is 21.9 Å². The number of hydrogen-bond donors (Lipinski definition) is 2. The van der Waals surface area contributed by atoms with Crippen molar-refractivity contribution < 1.29 is 4.39 Å². The molecule has 0 spiro atoms. The standard InChI is InChI=1S/C9H8ClFN4OS/c1-12-7-3-5(13-9(15-7)17-2)4(11)6(10)14-8(3)16/h1-2H3,(H,14,16)(H,12,13,15). The van der Waals surface area contributed by atoms with Crippen molar-refractivity contribution >= 4 is 40.1 Å². The summed E-state index contributed by atoms with van der Waals surface area (Å²) in [6.07, 6.45) is 1.76. The highest BCUT2D eigenvalue weighted by molar-refractivity contribution is 7.98. The Morgan fingerprint density at radius 1 is 1.47 bits per heavy atom. The Hall–Kier alpha value is -1.34. The normalized spacial score (nSPS) is 10.8. The molecule has 17 heavy (non-hydrogen) atoms. The summed E-state index contributed by atoms with van der Waals surface area (Å²) in [5.41, 5.74) is -0.606. The number of aromatic nitrogens is 3. The minimum atomic E-state index is -0.754. The summed E-state index contributed by atoms with van der Waals surface area (Å²) >= 11 is 6.82. The van der Waals surface area contributed by atoms with Gasteiger partial charge in [-0.1, -0.05) is 23.4 Å². The van der Waals surface area contributed by atoms with Crippen molar-refractivity contribution in [3.8, 4) is 0 Å². The van der Waals surface area contributed by atoms with Crippen molar-refractivity contribution in [2.45, 2.75) is 5.16 Å². The molecule has 0 aliphatic heterocycles. The maximum Gasteiger partial charge on any atom is 0.262 e. The van der Waals surface area contributed by atoms with Crippen LogP contribution in [-0.2, 0) is 0 Å². The number of hydrogen-bond acceptors (Lipinski definition) is 5. The third-order valence-corrected chi connectivity index (χ3v) is 2.97. The quantitative estimate of drug-likeness (QED) is 0.497. The minimum Gasteiger partial charge on any atom is -0.372 e. The predicted octanol–water partition coefficient (Wildman–Crippen LogP) is 1.87. The first-order valence-corrected chi connectivity index (χ1v) is 6.19. The Kier molecular flexibility index (Phi) is 3.21. The molecule has 2 heterocycles. The summed E-state index contributed by atoms with van der Waals surface area (Å²) < 4.78 is 13.8. The highest BCUT2D eigenvalue weighted by atomic mass is 35.5. The van der Waals surface area contributed by atoms with Gasteiger partial charge in [-0.2, -0.15) is 0 Å². The SMILES string of the molecule is CNc1nc(SC)nc2c(F)c(Cl)[nH]c(=O)c12. The van der Waals surface area contributed by atoms with Crippen molar-refractivity contribution in [3.63, 3.8) is 0 Å². The Labute approximate surface area is 105 Å². The second-order valence-corrected chi connectivity index (χ2v) is 4.27. The molecular weight excluding hydrogens is 267 g/mol. The molecule has 0 atom stereocenters. The molecule has 2 N–H and O–H groups in total. The molecule has 0 aliphatic rings. The second-order valence-electron chi connectivity index (χ2n) is 3.11. The topological polar surface area (TPSA) is 70.7 Å². The van der Waals surface area contributed by atoms with Crippen molar-refractivity contribution in [2.24, 2.45) is 0 Å². The lowest BCUT2D eigenvalue weighted by Crippen LogP contribution is -2.13. The molecule has 0 unspecified atom stereocenters. The molecule has 0 saturated carbocycles. The summed E-state index contributed by atoms with van der Waals surface area (Å²) in [6, 6.07) is 0. The number of thioether (sulfide) groups is 1. The average Bonchev–Trinajstić information content (AvgIpc) is 2.34. The monoisotopic (exact) mass is 274 g/mol. The smallest absolute Gasteiger partial charge is 0.262 e. The molecular formula is C9H8ClFN4OS. The lowest BCUT2D eigenvalue weighted by Gasteiger charge is -2.07. The number of rotatable bonds is 2. The summed E-state index contributed by atoms with van der Waals surface area (Å²) in [4.78, 5) is 21.9. The van der Waals surface area contributed by atoms with E-state index in [2.05, 4.69) is 20.3 Å². The van der Waals surface area contributed by atoms with Crippen molar-refractivity contribution in [1.82, 2.24) is 15.0 Å². The van der Waals surface area contributed by atoms with Gasteiger partial charge < -0.3 is 10.3 Å². The highest BCUT2D eigenvalue weighted by Crippen LogP contribution is 2.24. The number of halogens is 2. The van der Waals surface area contributed by atoms with Crippen LogP contribution in [0, 0.1) is 5.82 Å². The Balaban J connectivity index is 2.98. The van der Waals surface area contributed by atoms with Crippen LogP contribution in [0.25, 0.3) is 10.9 Å². The molecule has 0 bridgehead atoms. The lowest BCUT2D eigenvalue weighted by atomic mass is 10.3. The van der Waals surface area contributed by atoms with Gasteiger partial charge in [0.25, 0.3) is 5.56 Å². The van der Waals surface area contributed by atoms with Gasteiger partial charge in [-0.25, -0.2) is 14.4 Å².